The van der Waals surface area contributed by atoms with E-state index in [1.54, 1.807) is 18.2 Å². The van der Waals surface area contributed by atoms with Crippen molar-refractivity contribution in [2.45, 2.75) is 13.0 Å². The molecule has 0 aliphatic heterocycles. The number of nitro benzene ring substituents is 1. The zero-order chi connectivity index (χ0) is 23.8. The lowest BCUT2D eigenvalue weighted by molar-refractivity contribution is -0.385. The summed E-state index contributed by atoms with van der Waals surface area (Å²) >= 11 is 0. The molecule has 2 amide bonds. The predicted molar refractivity (Wildman–Crippen MR) is 113 cm³/mol. The summed E-state index contributed by atoms with van der Waals surface area (Å²) in [5, 5.41) is 25.2. The zero-order valence-corrected chi connectivity index (χ0v) is 17.4. The quantitative estimate of drug-likeness (QED) is 0.302. The minimum absolute atomic E-state index is 0.0749. The summed E-state index contributed by atoms with van der Waals surface area (Å²) in [6.45, 7) is 1.23. The molecule has 0 fully saturated rings. The number of ether oxygens (including phenoxy) is 2. The van der Waals surface area contributed by atoms with Crippen molar-refractivity contribution in [1.82, 2.24) is 10.6 Å². The Morgan fingerprint density at radius 3 is 2.22 bits per heavy atom. The van der Waals surface area contributed by atoms with Gasteiger partial charge in [0.05, 0.1) is 30.8 Å². The number of rotatable bonds is 9. The van der Waals surface area contributed by atoms with Gasteiger partial charge >= 0.3 is 5.97 Å². The maximum atomic E-state index is 12.7. The molecule has 3 N–H and O–H groups in total. The summed E-state index contributed by atoms with van der Waals surface area (Å²) < 4.78 is 10.2. The number of carbonyl (C=O) groups excluding carboxylic acids is 2. The number of carboxylic acid groups (broad SMARTS) is 1. The summed E-state index contributed by atoms with van der Waals surface area (Å²) in [6.07, 6.45) is 1.06. The number of hydrogen-bond donors (Lipinski definition) is 3. The lowest BCUT2D eigenvalue weighted by atomic mass is 10.1. The van der Waals surface area contributed by atoms with Crippen LogP contribution >= 0.6 is 0 Å². The van der Waals surface area contributed by atoms with E-state index in [0.717, 1.165) is 12.1 Å². The molecule has 11 heteroatoms. The Balaban J connectivity index is 2.57. The number of benzene rings is 2. The number of nitro groups is 1. The van der Waals surface area contributed by atoms with Crippen LogP contribution in [0.1, 0.15) is 22.8 Å². The Labute approximate surface area is 182 Å². The van der Waals surface area contributed by atoms with Gasteiger partial charge in [-0.1, -0.05) is 18.2 Å². The second-order valence-corrected chi connectivity index (χ2v) is 6.43. The van der Waals surface area contributed by atoms with Crippen molar-refractivity contribution in [3.63, 3.8) is 0 Å². The molecule has 0 bridgehead atoms. The van der Waals surface area contributed by atoms with E-state index in [9.17, 15) is 24.5 Å². The van der Waals surface area contributed by atoms with Gasteiger partial charge in [0.15, 0.2) is 11.5 Å². The highest BCUT2D eigenvalue weighted by atomic mass is 16.6. The molecule has 0 aliphatic rings. The number of nitrogens with zero attached hydrogens (tertiary/aromatic N) is 1. The van der Waals surface area contributed by atoms with E-state index in [1.165, 1.54) is 39.3 Å². The average molecular weight is 443 g/mol. The van der Waals surface area contributed by atoms with Crippen LogP contribution in [0.25, 0.3) is 6.08 Å². The molecule has 11 nitrogen and oxygen atoms in total. The van der Waals surface area contributed by atoms with Crippen molar-refractivity contribution >= 4 is 29.5 Å². The number of methoxy groups -OCH3 is 2. The fourth-order valence-electron chi connectivity index (χ4n) is 2.59. The van der Waals surface area contributed by atoms with Gasteiger partial charge in [0.2, 0.25) is 0 Å². The first-order valence-corrected chi connectivity index (χ1v) is 9.20. The molecule has 32 heavy (non-hydrogen) atoms. The van der Waals surface area contributed by atoms with Gasteiger partial charge in [-0.05, 0) is 31.2 Å². The largest absolute Gasteiger partial charge is 0.493 e. The van der Waals surface area contributed by atoms with Gasteiger partial charge in [0.25, 0.3) is 17.5 Å². The van der Waals surface area contributed by atoms with Crippen LogP contribution < -0.4 is 20.1 Å². The Kier molecular flexibility index (Phi) is 7.88. The van der Waals surface area contributed by atoms with Crippen LogP contribution in [0.15, 0.2) is 48.2 Å². The number of carbonyl (C=O) groups is 3. The van der Waals surface area contributed by atoms with E-state index in [4.69, 9.17) is 14.6 Å². The number of nitrogens with one attached hydrogen (secondary N) is 2. The monoisotopic (exact) mass is 443 g/mol. The van der Waals surface area contributed by atoms with E-state index in [1.807, 2.05) is 0 Å². The Morgan fingerprint density at radius 2 is 1.69 bits per heavy atom. The van der Waals surface area contributed by atoms with Crippen LogP contribution in [0.4, 0.5) is 5.69 Å². The molecular formula is C21H21N3O8. The van der Waals surface area contributed by atoms with E-state index >= 15 is 0 Å². The Hall–Kier alpha value is -4.41. The molecular weight excluding hydrogens is 422 g/mol. The van der Waals surface area contributed by atoms with Gasteiger partial charge in [-0.25, -0.2) is 0 Å². The molecule has 2 rings (SSSR count). The van der Waals surface area contributed by atoms with Gasteiger partial charge in [-0.2, -0.15) is 0 Å². The summed E-state index contributed by atoms with van der Waals surface area (Å²) in [5.74, 6) is -2.68. The Morgan fingerprint density at radius 1 is 1.09 bits per heavy atom. The van der Waals surface area contributed by atoms with Crippen LogP contribution in [0, 0.1) is 10.1 Å². The summed E-state index contributed by atoms with van der Waals surface area (Å²) in [5.41, 5.74) is -0.677. The third kappa shape index (κ3) is 5.81. The molecule has 0 radical (unpaired) electrons. The van der Waals surface area contributed by atoms with Crippen molar-refractivity contribution < 1.29 is 33.9 Å². The SMILES string of the molecule is COc1cc(/C=C(\NC(=O)c2ccccc2)C(=O)N[C@@H](C)C(=O)O)c([N+](=O)[O-])cc1OC. The fraction of sp³-hybridized carbons (Fsp3) is 0.190. The number of hydrogen-bond acceptors (Lipinski definition) is 7. The van der Waals surface area contributed by atoms with Gasteiger partial charge in [0, 0.05) is 5.56 Å². The van der Waals surface area contributed by atoms with Crippen LogP contribution in [0.3, 0.4) is 0 Å². The number of amides is 2. The van der Waals surface area contributed by atoms with Crippen LogP contribution in [-0.4, -0.2) is 48.1 Å². The maximum Gasteiger partial charge on any atom is 0.325 e. The highest BCUT2D eigenvalue weighted by molar-refractivity contribution is 6.06. The second-order valence-electron chi connectivity index (χ2n) is 6.43. The van der Waals surface area contributed by atoms with Crippen molar-refractivity contribution in [1.29, 1.82) is 0 Å². The van der Waals surface area contributed by atoms with Crippen LogP contribution in [-0.2, 0) is 9.59 Å². The number of carboxylic acids is 1. The molecule has 2 aromatic carbocycles. The normalized spacial score (nSPS) is 11.8. The molecule has 0 aliphatic carbocycles. The highest BCUT2D eigenvalue weighted by Crippen LogP contribution is 2.35. The van der Waals surface area contributed by atoms with Gasteiger partial charge < -0.3 is 25.2 Å². The topological polar surface area (TPSA) is 157 Å². The van der Waals surface area contributed by atoms with Crippen LogP contribution in [0.5, 0.6) is 11.5 Å². The van der Waals surface area contributed by atoms with E-state index < -0.39 is 40.1 Å². The average Bonchev–Trinajstić information content (AvgIpc) is 2.78. The highest BCUT2D eigenvalue weighted by Gasteiger charge is 2.23. The van der Waals surface area contributed by atoms with Gasteiger partial charge in [-0.15, -0.1) is 0 Å². The first kappa shape index (κ1) is 23.9. The van der Waals surface area contributed by atoms with E-state index in [0.29, 0.717) is 0 Å². The van der Waals surface area contributed by atoms with Gasteiger partial charge in [-0.3, -0.25) is 24.5 Å². The zero-order valence-electron chi connectivity index (χ0n) is 17.4. The van der Waals surface area contributed by atoms with E-state index in [2.05, 4.69) is 10.6 Å². The molecule has 168 valence electrons. The van der Waals surface area contributed by atoms with Crippen LogP contribution in [0.2, 0.25) is 0 Å². The van der Waals surface area contributed by atoms with E-state index in [-0.39, 0.29) is 22.6 Å². The molecule has 1 atom stereocenters. The summed E-state index contributed by atoms with van der Waals surface area (Å²) in [6, 6.07) is 9.03. The fourth-order valence-corrected chi connectivity index (χ4v) is 2.59. The third-order valence-corrected chi connectivity index (χ3v) is 4.28. The first-order chi connectivity index (χ1) is 15.2. The molecule has 0 saturated carbocycles. The molecule has 0 unspecified atom stereocenters. The first-order valence-electron chi connectivity index (χ1n) is 9.20. The lowest BCUT2D eigenvalue weighted by Gasteiger charge is -2.14. The maximum absolute atomic E-state index is 12.7. The Bertz CT molecular complexity index is 1070. The number of aliphatic carboxylic acids is 1. The van der Waals surface area contributed by atoms with Crippen molar-refractivity contribution in [3.8, 4) is 11.5 Å². The molecule has 2 aromatic rings. The van der Waals surface area contributed by atoms with Crippen molar-refractivity contribution in [2.24, 2.45) is 0 Å². The third-order valence-electron chi connectivity index (χ3n) is 4.28. The van der Waals surface area contributed by atoms with Crippen molar-refractivity contribution in [3.05, 3.63) is 69.4 Å². The second kappa shape index (κ2) is 10.6. The smallest absolute Gasteiger partial charge is 0.325 e. The summed E-state index contributed by atoms with van der Waals surface area (Å²) in [7, 11) is 2.64. The molecule has 0 aromatic heterocycles. The minimum atomic E-state index is -1.30. The standard InChI is InChI=1S/C21H21N3O8/c1-12(21(27)28)22-20(26)15(23-19(25)13-7-5-4-6-8-13)9-14-10-17(31-2)18(32-3)11-16(14)24(29)30/h4-12H,1-3H3,(H,22,26)(H,23,25)(H,27,28)/b15-9-/t12-/m0/s1. The van der Waals surface area contributed by atoms with Crippen molar-refractivity contribution in [2.75, 3.05) is 14.2 Å². The lowest BCUT2D eigenvalue weighted by Crippen LogP contribution is -2.42. The molecule has 0 heterocycles. The summed E-state index contributed by atoms with van der Waals surface area (Å²) in [4.78, 5) is 47.3. The molecule has 0 spiro atoms. The minimum Gasteiger partial charge on any atom is -0.493 e. The van der Waals surface area contributed by atoms with Gasteiger partial charge in [0.1, 0.15) is 11.7 Å². The molecule has 0 saturated heterocycles. The predicted octanol–water partition coefficient (Wildman–Crippen LogP) is 1.97.